The van der Waals surface area contributed by atoms with Crippen molar-refractivity contribution in [3.05, 3.63) is 17.7 Å². The summed E-state index contributed by atoms with van der Waals surface area (Å²) in [6, 6.07) is 0.173. The first-order chi connectivity index (χ1) is 16.5. The number of hydrogen-bond acceptors (Lipinski definition) is 7. The minimum absolute atomic E-state index is 0.170. The fraction of sp³-hybridized carbons (Fsp3) is 0.769. The lowest BCUT2D eigenvalue weighted by molar-refractivity contribution is -0.138. The van der Waals surface area contributed by atoms with E-state index in [2.05, 4.69) is 14.9 Å². The molecule has 2 fully saturated rings. The van der Waals surface area contributed by atoms with Crippen LogP contribution in [-0.2, 0) is 14.4 Å². The number of carbonyl (C=O) groups is 2. The van der Waals surface area contributed by atoms with Gasteiger partial charge in [-0.2, -0.15) is 0 Å². The molecule has 1 aromatic heterocycles. The molecule has 0 unspecified atom stereocenters. The normalized spacial score (nSPS) is 18.3. The highest BCUT2D eigenvalue weighted by molar-refractivity contribution is 5.87. The lowest BCUT2D eigenvalue weighted by Gasteiger charge is -2.38. The summed E-state index contributed by atoms with van der Waals surface area (Å²) < 4.78 is 5.52. The van der Waals surface area contributed by atoms with Gasteiger partial charge in [0.15, 0.2) is 6.61 Å². The number of amides is 2. The number of rotatable bonds is 7. The average molecular weight is 490 g/mol. The standard InChI is InChI=1S/C26H43N5O4/c1-19-24(20(2)28-18-27-19)31(25(33)35-26(3,4)5)34-17-23(32)29(6)22-12-14-30(15-13-22)16-21-10-8-7-9-11-21/h18,21-22H,7-17H2,1-6H3. The molecule has 1 aromatic rings. The molecule has 2 amide bonds. The largest absolute Gasteiger partial charge is 0.442 e. The molecule has 3 rings (SSSR count). The van der Waals surface area contributed by atoms with Gasteiger partial charge in [-0.1, -0.05) is 19.3 Å². The number of aromatic nitrogens is 2. The summed E-state index contributed by atoms with van der Waals surface area (Å²) in [6.45, 7) is 11.8. The van der Waals surface area contributed by atoms with Gasteiger partial charge in [0.2, 0.25) is 0 Å². The van der Waals surface area contributed by atoms with Gasteiger partial charge < -0.3 is 14.5 Å². The number of carbonyl (C=O) groups excluding carboxylic acids is 2. The first kappa shape index (κ1) is 27.3. The smallest absolute Gasteiger partial charge is 0.439 e. The van der Waals surface area contributed by atoms with Gasteiger partial charge in [0, 0.05) is 32.7 Å². The van der Waals surface area contributed by atoms with Gasteiger partial charge in [-0.25, -0.2) is 14.8 Å². The Morgan fingerprint density at radius 2 is 1.63 bits per heavy atom. The third-order valence-electron chi connectivity index (χ3n) is 7.01. The Hall–Kier alpha value is -2.26. The maximum atomic E-state index is 13.0. The van der Waals surface area contributed by atoms with Crippen molar-refractivity contribution in [2.75, 3.05) is 38.4 Å². The van der Waals surface area contributed by atoms with Crippen LogP contribution < -0.4 is 5.06 Å². The van der Waals surface area contributed by atoms with E-state index in [1.54, 1.807) is 39.5 Å². The molecule has 0 bridgehead atoms. The fourth-order valence-electron chi connectivity index (χ4n) is 5.04. The van der Waals surface area contributed by atoms with Crippen LogP contribution in [-0.4, -0.2) is 76.7 Å². The molecule has 0 N–H and O–H groups in total. The summed E-state index contributed by atoms with van der Waals surface area (Å²) in [4.78, 5) is 44.4. The molecule has 0 aromatic carbocycles. The maximum Gasteiger partial charge on any atom is 0.439 e. The van der Waals surface area contributed by atoms with Crippen molar-refractivity contribution >= 4 is 17.7 Å². The molecule has 9 nitrogen and oxygen atoms in total. The van der Waals surface area contributed by atoms with Crippen LogP contribution in [0.4, 0.5) is 10.5 Å². The second kappa shape index (κ2) is 12.1. The van der Waals surface area contributed by atoms with E-state index in [1.807, 2.05) is 7.05 Å². The Balaban J connectivity index is 1.57. The van der Waals surface area contributed by atoms with Crippen molar-refractivity contribution in [3.63, 3.8) is 0 Å². The summed E-state index contributed by atoms with van der Waals surface area (Å²) in [6.07, 6.45) is 9.47. The highest BCUT2D eigenvalue weighted by atomic mass is 16.7. The zero-order valence-electron chi connectivity index (χ0n) is 22.4. The summed E-state index contributed by atoms with van der Waals surface area (Å²) in [7, 11) is 1.83. The van der Waals surface area contributed by atoms with E-state index in [-0.39, 0.29) is 18.6 Å². The van der Waals surface area contributed by atoms with E-state index in [4.69, 9.17) is 9.57 Å². The molecule has 2 heterocycles. The Bertz CT molecular complexity index is 838. The second-order valence-electron chi connectivity index (χ2n) is 11.0. The fourth-order valence-corrected chi connectivity index (χ4v) is 5.04. The van der Waals surface area contributed by atoms with Gasteiger partial charge in [0.25, 0.3) is 5.91 Å². The molecular weight excluding hydrogens is 446 g/mol. The second-order valence-corrected chi connectivity index (χ2v) is 11.0. The van der Waals surface area contributed by atoms with Crippen molar-refractivity contribution in [2.45, 2.75) is 91.2 Å². The van der Waals surface area contributed by atoms with E-state index >= 15 is 0 Å². The number of hydroxylamine groups is 1. The Labute approximate surface area is 210 Å². The molecule has 2 aliphatic rings. The van der Waals surface area contributed by atoms with Gasteiger partial charge in [-0.15, -0.1) is 5.06 Å². The van der Waals surface area contributed by atoms with E-state index in [9.17, 15) is 9.59 Å². The molecule has 9 heteroatoms. The van der Waals surface area contributed by atoms with Crippen molar-refractivity contribution in [3.8, 4) is 0 Å². The van der Waals surface area contributed by atoms with Gasteiger partial charge in [-0.05, 0) is 66.2 Å². The number of ether oxygens (including phenoxy) is 1. The summed E-state index contributed by atoms with van der Waals surface area (Å²) in [5.41, 5.74) is 0.806. The molecular formula is C26H43N5O4. The predicted molar refractivity (Wildman–Crippen MR) is 135 cm³/mol. The average Bonchev–Trinajstić information content (AvgIpc) is 2.80. The molecule has 0 spiro atoms. The maximum absolute atomic E-state index is 13.0. The van der Waals surface area contributed by atoms with Crippen LogP contribution in [0, 0.1) is 19.8 Å². The molecule has 0 atom stereocenters. The summed E-state index contributed by atoms with van der Waals surface area (Å²) >= 11 is 0. The van der Waals surface area contributed by atoms with Gasteiger partial charge in [0.1, 0.15) is 17.6 Å². The summed E-state index contributed by atoms with van der Waals surface area (Å²) in [5, 5.41) is 1.02. The lowest BCUT2D eigenvalue weighted by Crippen LogP contribution is -2.48. The topological polar surface area (TPSA) is 88.1 Å². The molecule has 1 aliphatic heterocycles. The zero-order valence-corrected chi connectivity index (χ0v) is 22.4. The number of aryl methyl sites for hydroxylation is 2. The molecule has 1 aliphatic carbocycles. The number of hydrogen-bond donors (Lipinski definition) is 0. The molecule has 1 saturated carbocycles. The number of likely N-dealkylation sites (N-methyl/N-ethyl adjacent to an activating group) is 1. The molecule has 0 radical (unpaired) electrons. The Morgan fingerprint density at radius 1 is 1.03 bits per heavy atom. The van der Waals surface area contributed by atoms with E-state index in [1.165, 1.54) is 45.0 Å². The lowest BCUT2D eigenvalue weighted by atomic mass is 9.88. The van der Waals surface area contributed by atoms with Gasteiger partial charge >= 0.3 is 6.09 Å². The number of piperidine rings is 1. The zero-order chi connectivity index (χ0) is 25.6. The molecule has 35 heavy (non-hydrogen) atoms. The van der Waals surface area contributed by atoms with Crippen molar-refractivity contribution < 1.29 is 19.2 Å². The van der Waals surface area contributed by atoms with E-state index in [0.29, 0.717) is 17.1 Å². The van der Waals surface area contributed by atoms with Crippen LogP contribution in [0.15, 0.2) is 6.33 Å². The van der Waals surface area contributed by atoms with E-state index < -0.39 is 11.7 Å². The minimum atomic E-state index is -0.720. The highest BCUT2D eigenvalue weighted by Gasteiger charge is 2.31. The first-order valence-electron chi connectivity index (χ1n) is 13.0. The monoisotopic (exact) mass is 489 g/mol. The third-order valence-corrected chi connectivity index (χ3v) is 7.01. The van der Waals surface area contributed by atoms with Gasteiger partial charge in [-0.3, -0.25) is 9.63 Å². The van der Waals surface area contributed by atoms with Crippen molar-refractivity contribution in [1.29, 1.82) is 0 Å². The van der Waals surface area contributed by atoms with E-state index in [0.717, 1.165) is 36.9 Å². The van der Waals surface area contributed by atoms with Crippen LogP contribution >= 0.6 is 0 Å². The highest BCUT2D eigenvalue weighted by Crippen LogP contribution is 2.27. The number of anilines is 1. The third kappa shape index (κ3) is 7.87. The Morgan fingerprint density at radius 3 is 2.20 bits per heavy atom. The van der Waals surface area contributed by atoms with Crippen LogP contribution in [0.25, 0.3) is 0 Å². The Kier molecular flexibility index (Phi) is 9.47. The number of likely N-dealkylation sites (tertiary alicyclic amines) is 1. The van der Waals surface area contributed by atoms with Crippen LogP contribution in [0.3, 0.4) is 0 Å². The first-order valence-corrected chi connectivity index (χ1v) is 13.0. The predicted octanol–water partition coefficient (Wildman–Crippen LogP) is 4.27. The van der Waals surface area contributed by atoms with Crippen molar-refractivity contribution in [2.24, 2.45) is 5.92 Å². The van der Waals surface area contributed by atoms with Crippen LogP contribution in [0.1, 0.15) is 77.1 Å². The molecule has 196 valence electrons. The number of nitrogens with zero attached hydrogens (tertiary/aromatic N) is 5. The summed E-state index contributed by atoms with van der Waals surface area (Å²) in [5.74, 6) is 0.664. The van der Waals surface area contributed by atoms with Gasteiger partial charge in [0.05, 0.1) is 11.4 Å². The van der Waals surface area contributed by atoms with Crippen molar-refractivity contribution in [1.82, 2.24) is 19.8 Å². The van der Waals surface area contributed by atoms with Crippen LogP contribution in [0.5, 0.6) is 0 Å². The quantitative estimate of drug-likeness (QED) is 0.529. The SMILES string of the molecule is Cc1ncnc(C)c1N(OCC(=O)N(C)C1CCN(CC2CCCCC2)CC1)C(=O)OC(C)(C)C. The van der Waals surface area contributed by atoms with Crippen LogP contribution in [0.2, 0.25) is 0 Å². The molecule has 1 saturated heterocycles. The minimum Gasteiger partial charge on any atom is -0.442 e.